The molecule has 0 radical (unpaired) electrons. The lowest BCUT2D eigenvalue weighted by Gasteiger charge is -2.20. The van der Waals surface area contributed by atoms with Crippen molar-refractivity contribution in [3.63, 3.8) is 0 Å². The van der Waals surface area contributed by atoms with Crippen molar-refractivity contribution >= 4 is 23.5 Å². The second kappa shape index (κ2) is 8.71. The molecule has 2 aliphatic heterocycles. The number of hydrogen-bond acceptors (Lipinski definition) is 6. The van der Waals surface area contributed by atoms with Crippen LogP contribution in [0.2, 0.25) is 0 Å². The summed E-state index contributed by atoms with van der Waals surface area (Å²) in [7, 11) is 0. The summed E-state index contributed by atoms with van der Waals surface area (Å²) in [5.41, 5.74) is -0.339. The van der Waals surface area contributed by atoms with Crippen molar-refractivity contribution in [2.24, 2.45) is 0 Å². The predicted molar refractivity (Wildman–Crippen MR) is 111 cm³/mol. The Balaban J connectivity index is 1.64. The highest BCUT2D eigenvalue weighted by Crippen LogP contribution is 2.34. The fraction of sp³-hybridized carbons (Fsp3) is 0.524. The number of anilines is 3. The largest absolute Gasteiger partial charge is 0.416 e. The number of alkyl halides is 5. The molecule has 7 nitrogen and oxygen atoms in total. The number of nitrogens with zero attached hydrogens (tertiary/aromatic N) is 5. The van der Waals surface area contributed by atoms with Crippen LogP contribution in [0, 0.1) is 0 Å². The maximum absolute atomic E-state index is 13.8. The highest BCUT2D eigenvalue weighted by Gasteiger charge is 2.40. The third-order valence-electron chi connectivity index (χ3n) is 5.79. The Morgan fingerprint density at radius 2 is 2.00 bits per heavy atom. The number of nitrogens with one attached hydrogen (secondary N) is 1. The fourth-order valence-corrected chi connectivity index (χ4v) is 4.03. The van der Waals surface area contributed by atoms with Gasteiger partial charge in [0.1, 0.15) is 11.6 Å². The molecule has 1 N–H and O–H groups in total. The maximum atomic E-state index is 13.8. The molecule has 4 heterocycles. The number of likely N-dealkylation sites (tertiary alicyclic amines) is 1. The van der Waals surface area contributed by atoms with Crippen LogP contribution in [0.25, 0.3) is 0 Å². The molecule has 12 heteroatoms. The highest BCUT2D eigenvalue weighted by molar-refractivity contribution is 5.76. The zero-order chi connectivity index (χ0) is 23.8. The Kier molecular flexibility index (Phi) is 6.10. The lowest BCUT2D eigenvalue weighted by Crippen LogP contribution is -2.28. The summed E-state index contributed by atoms with van der Waals surface area (Å²) in [4.78, 5) is 27.8. The number of halogens is 5. The Bertz CT molecular complexity index is 1030. The molecule has 0 aliphatic carbocycles. The number of hydrogen-bond donors (Lipinski definition) is 1. The van der Waals surface area contributed by atoms with Crippen molar-refractivity contribution in [1.29, 1.82) is 0 Å². The minimum atomic E-state index is -4.54. The molecule has 0 spiro atoms. The highest BCUT2D eigenvalue weighted by atomic mass is 19.4. The third-order valence-corrected chi connectivity index (χ3v) is 5.79. The Morgan fingerprint density at radius 3 is 2.67 bits per heavy atom. The second-order valence-electron chi connectivity index (χ2n) is 8.24. The summed E-state index contributed by atoms with van der Waals surface area (Å²) in [6.07, 6.45) is -2.83. The number of amides is 1. The van der Waals surface area contributed by atoms with Gasteiger partial charge in [-0.15, -0.1) is 0 Å². The average molecular weight is 470 g/mol. The predicted octanol–water partition coefficient (Wildman–Crippen LogP) is 4.21. The molecule has 33 heavy (non-hydrogen) atoms. The van der Waals surface area contributed by atoms with E-state index in [1.165, 1.54) is 4.90 Å². The van der Waals surface area contributed by atoms with E-state index in [9.17, 15) is 26.7 Å². The van der Waals surface area contributed by atoms with Gasteiger partial charge >= 0.3 is 6.18 Å². The monoisotopic (exact) mass is 470 g/mol. The van der Waals surface area contributed by atoms with Crippen LogP contribution in [0.5, 0.6) is 0 Å². The lowest BCUT2D eigenvalue weighted by atomic mass is 10.0. The van der Waals surface area contributed by atoms with Crippen LogP contribution >= 0.6 is 0 Å². The van der Waals surface area contributed by atoms with Crippen molar-refractivity contribution in [3.8, 4) is 0 Å². The Labute approximate surface area is 187 Å². The molecule has 2 saturated heterocycles. The molecule has 0 bridgehead atoms. The number of carbonyl (C=O) groups is 1. The smallest absolute Gasteiger partial charge is 0.342 e. The van der Waals surface area contributed by atoms with Crippen LogP contribution in [-0.2, 0) is 11.0 Å². The van der Waals surface area contributed by atoms with Crippen molar-refractivity contribution in [2.45, 2.75) is 44.2 Å². The summed E-state index contributed by atoms with van der Waals surface area (Å²) in [5, 5.41) is 2.75. The van der Waals surface area contributed by atoms with Crippen LogP contribution in [0.15, 0.2) is 24.4 Å². The van der Waals surface area contributed by atoms with E-state index in [1.54, 1.807) is 17.9 Å². The van der Waals surface area contributed by atoms with Gasteiger partial charge in [-0.25, -0.2) is 18.7 Å². The van der Waals surface area contributed by atoms with Gasteiger partial charge in [-0.3, -0.25) is 4.79 Å². The first-order valence-electron chi connectivity index (χ1n) is 10.6. The van der Waals surface area contributed by atoms with Gasteiger partial charge < -0.3 is 15.1 Å². The minimum Gasteiger partial charge on any atom is -0.342 e. The molecule has 2 aromatic heterocycles. The van der Waals surface area contributed by atoms with E-state index in [0.29, 0.717) is 31.6 Å². The topological polar surface area (TPSA) is 74.2 Å². The van der Waals surface area contributed by atoms with Gasteiger partial charge in [0.15, 0.2) is 0 Å². The minimum absolute atomic E-state index is 0.0116. The number of pyridine rings is 1. The molecule has 178 valence electrons. The number of aromatic nitrogens is 3. The van der Waals surface area contributed by atoms with Crippen LogP contribution < -0.4 is 10.2 Å². The van der Waals surface area contributed by atoms with Crippen LogP contribution in [0.3, 0.4) is 0 Å². The molecular weight excluding hydrogens is 447 g/mol. The fourth-order valence-electron chi connectivity index (χ4n) is 4.03. The first kappa shape index (κ1) is 23.1. The van der Waals surface area contributed by atoms with Gasteiger partial charge in [-0.1, -0.05) is 6.92 Å². The molecule has 4 rings (SSSR count). The van der Waals surface area contributed by atoms with E-state index >= 15 is 0 Å². The molecule has 1 atom stereocenters. The summed E-state index contributed by atoms with van der Waals surface area (Å²) in [6.45, 7) is 2.28. The summed E-state index contributed by atoms with van der Waals surface area (Å²) in [5.74, 6) is -2.86. The standard InChI is InChI=1S/C21H23F5N6O/c1-2-18(33)31-7-4-13(11-31)15-10-17(29-16-9-14(3-6-27-16)21(24,25)26)30-19(28-15)32-8-5-20(22,23)12-32/h3,6,9-10,13H,2,4-5,7-8,11-12H2,1H3,(H,27,28,29,30). The number of rotatable bonds is 5. The molecule has 2 aliphatic rings. The zero-order valence-corrected chi connectivity index (χ0v) is 17.9. The summed E-state index contributed by atoms with van der Waals surface area (Å²) in [6, 6.07) is 3.28. The van der Waals surface area contributed by atoms with Crippen LogP contribution in [-0.4, -0.2) is 57.9 Å². The van der Waals surface area contributed by atoms with E-state index in [1.807, 2.05) is 0 Å². The Morgan fingerprint density at radius 1 is 1.21 bits per heavy atom. The molecule has 2 aromatic rings. The maximum Gasteiger partial charge on any atom is 0.416 e. The molecule has 2 fully saturated rings. The molecule has 1 unspecified atom stereocenters. The quantitative estimate of drug-likeness (QED) is 0.661. The molecule has 1 amide bonds. The first-order valence-corrected chi connectivity index (χ1v) is 10.6. The van der Waals surface area contributed by atoms with Crippen LogP contribution in [0.4, 0.5) is 39.5 Å². The molecule has 0 saturated carbocycles. The van der Waals surface area contributed by atoms with Crippen molar-refractivity contribution < 1.29 is 26.7 Å². The van der Waals surface area contributed by atoms with Gasteiger partial charge in [-0.05, 0) is 18.6 Å². The van der Waals surface area contributed by atoms with Gasteiger partial charge in [0, 0.05) is 50.7 Å². The van der Waals surface area contributed by atoms with Gasteiger partial charge in [-0.2, -0.15) is 18.2 Å². The normalized spacial score (nSPS) is 20.4. The van der Waals surface area contributed by atoms with E-state index in [-0.39, 0.29) is 42.4 Å². The van der Waals surface area contributed by atoms with E-state index < -0.39 is 24.2 Å². The lowest BCUT2D eigenvalue weighted by molar-refractivity contribution is -0.137. The average Bonchev–Trinajstić information content (AvgIpc) is 3.39. The van der Waals surface area contributed by atoms with Crippen molar-refractivity contribution in [3.05, 3.63) is 35.7 Å². The summed E-state index contributed by atoms with van der Waals surface area (Å²) < 4.78 is 66.8. The van der Waals surface area contributed by atoms with Crippen molar-refractivity contribution in [1.82, 2.24) is 19.9 Å². The van der Waals surface area contributed by atoms with Gasteiger partial charge in [0.2, 0.25) is 11.9 Å². The van der Waals surface area contributed by atoms with E-state index in [0.717, 1.165) is 18.3 Å². The second-order valence-corrected chi connectivity index (χ2v) is 8.24. The third kappa shape index (κ3) is 5.31. The van der Waals surface area contributed by atoms with Crippen LogP contribution in [0.1, 0.15) is 43.4 Å². The van der Waals surface area contributed by atoms with E-state index in [2.05, 4.69) is 20.3 Å². The molecule has 0 aromatic carbocycles. The SMILES string of the molecule is CCC(=O)N1CCC(c2cc(Nc3cc(C(F)(F)F)ccn3)nc(N3CCC(F)(F)C3)n2)C1. The van der Waals surface area contributed by atoms with Crippen molar-refractivity contribution in [2.75, 3.05) is 36.4 Å². The Hall–Kier alpha value is -3.05. The number of carbonyl (C=O) groups excluding carboxylic acids is 1. The summed E-state index contributed by atoms with van der Waals surface area (Å²) >= 11 is 0. The zero-order valence-electron chi connectivity index (χ0n) is 17.9. The van der Waals surface area contributed by atoms with Gasteiger partial charge in [0.25, 0.3) is 5.92 Å². The van der Waals surface area contributed by atoms with Gasteiger partial charge in [0.05, 0.1) is 17.8 Å². The van der Waals surface area contributed by atoms with E-state index in [4.69, 9.17) is 0 Å². The first-order chi connectivity index (χ1) is 15.5. The molecular formula is C21H23F5N6O.